The van der Waals surface area contributed by atoms with Crippen molar-refractivity contribution in [1.82, 2.24) is 19.5 Å². The molecule has 10 aromatic carbocycles. The van der Waals surface area contributed by atoms with Crippen LogP contribution >= 0.6 is 0 Å². The molecule has 72 heavy (non-hydrogen) atoms. The summed E-state index contributed by atoms with van der Waals surface area (Å²) < 4.78 is 2.32. The number of nitrogens with zero attached hydrogens (tertiary/aromatic N) is 6. The van der Waals surface area contributed by atoms with Gasteiger partial charge in [-0.25, -0.2) is 19.8 Å². The van der Waals surface area contributed by atoms with Gasteiger partial charge in [0.1, 0.15) is 0 Å². The molecule has 0 spiro atoms. The van der Waals surface area contributed by atoms with Crippen LogP contribution in [0.4, 0.5) is 5.69 Å². The minimum atomic E-state index is -2.94. The van der Waals surface area contributed by atoms with Gasteiger partial charge >= 0.3 is 0 Å². The molecule has 2 heterocycles. The van der Waals surface area contributed by atoms with Crippen LogP contribution in [-0.2, 0) is 0 Å². The van der Waals surface area contributed by atoms with Crippen LogP contribution in [0.2, 0.25) is 0 Å². The Kier molecular flexibility index (Phi) is 11.2. The predicted molar refractivity (Wildman–Crippen MR) is 296 cm³/mol. The lowest BCUT2D eigenvalue weighted by Gasteiger charge is -2.34. The first kappa shape index (κ1) is 43.5. The highest BCUT2D eigenvalue weighted by Crippen LogP contribution is 2.40. The third-order valence-corrected chi connectivity index (χ3v) is 18.4. The smallest absolute Gasteiger partial charge is 0.196 e. The molecule has 0 aliphatic rings. The van der Waals surface area contributed by atoms with Crippen LogP contribution in [0.25, 0.3) is 88.8 Å². The molecule has 336 valence electrons. The number of nitriles is 1. The molecule has 0 saturated heterocycles. The van der Waals surface area contributed by atoms with E-state index in [9.17, 15) is 5.26 Å². The zero-order valence-electron chi connectivity index (χ0n) is 38.9. The second-order valence-electron chi connectivity index (χ2n) is 17.7. The highest BCUT2D eigenvalue weighted by Gasteiger charge is 2.41. The molecular formula is C65H42N6Si. The van der Waals surface area contributed by atoms with Crippen molar-refractivity contribution in [2.45, 2.75) is 0 Å². The minimum absolute atomic E-state index is 0.436. The average molecular weight is 935 g/mol. The SMILES string of the molecule is [C-]#[N+]c1cc(C#N)ccc1-c1ccc2c3ccccc3n(-c3ccc(-c4nc(-c5ccccc5)nc(-c5ccccc5)n4)c(-c4cccc([Si](c5ccccc5)(c5ccccc5)c5ccccc5)c4)c3)c2c1. The molecule has 0 bridgehead atoms. The summed E-state index contributed by atoms with van der Waals surface area (Å²) >= 11 is 0. The zero-order valence-corrected chi connectivity index (χ0v) is 39.9. The van der Waals surface area contributed by atoms with Gasteiger partial charge in [-0.3, -0.25) is 0 Å². The molecule has 0 radical (unpaired) electrons. The molecular weight excluding hydrogens is 893 g/mol. The number of aromatic nitrogens is 4. The van der Waals surface area contributed by atoms with E-state index in [1.807, 2.05) is 66.7 Å². The van der Waals surface area contributed by atoms with E-state index in [0.717, 1.165) is 66.4 Å². The van der Waals surface area contributed by atoms with Gasteiger partial charge in [0, 0.05) is 38.7 Å². The Morgan fingerprint density at radius 2 is 0.889 bits per heavy atom. The standard InChI is InChI=1S/C65H42N6Si/c1-67-60-40-45(44-66)34-37-55(60)49-35-38-57-56-32-17-18-33-61(56)71(62(57)42-49)50-36-39-58(65-69-63(46-20-7-2-8-21-46)68-64(70-65)47-22-9-3-10-23-47)59(43-50)48-24-19-31-54(41-48)72(51-25-11-4-12-26-51,52-27-13-5-14-28-52)53-29-15-6-16-30-53/h2-43H. The number of hydrogen-bond donors (Lipinski definition) is 0. The number of benzene rings is 10. The van der Waals surface area contributed by atoms with Crippen LogP contribution < -0.4 is 20.7 Å². The summed E-state index contributed by atoms with van der Waals surface area (Å²) in [5.74, 6) is 1.73. The summed E-state index contributed by atoms with van der Waals surface area (Å²) in [6, 6.07) is 91.3. The Balaban J connectivity index is 1.15. The maximum Gasteiger partial charge on any atom is 0.196 e. The molecule has 0 fully saturated rings. The molecule has 12 aromatic rings. The Morgan fingerprint density at radius 1 is 0.389 bits per heavy atom. The zero-order chi connectivity index (χ0) is 48.4. The van der Waals surface area contributed by atoms with Crippen LogP contribution in [-0.4, -0.2) is 27.6 Å². The fourth-order valence-electron chi connectivity index (χ4n) is 10.4. The summed E-state index contributed by atoms with van der Waals surface area (Å²) in [4.78, 5) is 19.5. The highest BCUT2D eigenvalue weighted by molar-refractivity contribution is 7.19. The fraction of sp³-hybridized carbons (Fsp3) is 0. The van der Waals surface area contributed by atoms with E-state index in [-0.39, 0.29) is 0 Å². The number of hydrogen-bond acceptors (Lipinski definition) is 4. The van der Waals surface area contributed by atoms with Crippen LogP contribution in [0.5, 0.6) is 0 Å². The molecule has 2 aromatic heterocycles. The summed E-state index contributed by atoms with van der Waals surface area (Å²) in [7, 11) is -2.94. The molecule has 6 nitrogen and oxygen atoms in total. The first-order chi connectivity index (χ1) is 35.6. The van der Waals surface area contributed by atoms with Crippen LogP contribution in [0, 0.1) is 17.9 Å². The van der Waals surface area contributed by atoms with Gasteiger partial charge in [-0.15, -0.1) is 0 Å². The molecule has 0 atom stereocenters. The first-order valence-corrected chi connectivity index (χ1v) is 25.8. The summed E-state index contributed by atoms with van der Waals surface area (Å²) in [5, 5.41) is 17.0. The van der Waals surface area contributed by atoms with Gasteiger partial charge in [0.05, 0.1) is 23.7 Å². The van der Waals surface area contributed by atoms with Crippen molar-refractivity contribution in [1.29, 1.82) is 5.26 Å². The number of rotatable bonds is 10. The maximum atomic E-state index is 9.68. The third-order valence-electron chi connectivity index (χ3n) is 13.7. The van der Waals surface area contributed by atoms with E-state index in [4.69, 9.17) is 21.5 Å². The van der Waals surface area contributed by atoms with Crippen molar-refractivity contribution in [3.63, 3.8) is 0 Å². The summed E-state index contributed by atoms with van der Waals surface area (Å²) in [6.07, 6.45) is 0. The van der Waals surface area contributed by atoms with E-state index >= 15 is 0 Å². The van der Waals surface area contributed by atoms with E-state index in [1.165, 1.54) is 20.7 Å². The predicted octanol–water partition coefficient (Wildman–Crippen LogP) is 13.1. The van der Waals surface area contributed by atoms with Gasteiger partial charge in [-0.2, -0.15) is 5.26 Å². The van der Waals surface area contributed by atoms with Gasteiger partial charge in [0.25, 0.3) is 0 Å². The molecule has 0 amide bonds. The quantitative estimate of drug-likeness (QED) is 0.0778. The minimum Gasteiger partial charge on any atom is -0.309 e. The Morgan fingerprint density at radius 3 is 1.49 bits per heavy atom. The lowest BCUT2D eigenvalue weighted by atomic mass is 9.97. The van der Waals surface area contributed by atoms with Gasteiger partial charge in [-0.05, 0) is 85.5 Å². The monoisotopic (exact) mass is 934 g/mol. The summed E-state index contributed by atoms with van der Waals surface area (Å²) in [5.41, 5.74) is 10.2. The molecule has 0 aliphatic heterocycles. The van der Waals surface area contributed by atoms with Crippen molar-refractivity contribution < 1.29 is 0 Å². The Bertz CT molecular complexity index is 3900. The van der Waals surface area contributed by atoms with Crippen molar-refractivity contribution in [3.05, 3.63) is 272 Å². The normalized spacial score (nSPS) is 11.3. The molecule has 0 aliphatic carbocycles. The van der Waals surface area contributed by atoms with Crippen molar-refractivity contribution in [2.75, 3.05) is 0 Å². The number of para-hydroxylation sites is 1. The van der Waals surface area contributed by atoms with Gasteiger partial charge < -0.3 is 4.57 Å². The lowest BCUT2D eigenvalue weighted by Crippen LogP contribution is -2.74. The largest absolute Gasteiger partial charge is 0.309 e. The second-order valence-corrected chi connectivity index (χ2v) is 21.5. The molecule has 0 saturated carbocycles. The number of fused-ring (bicyclic) bond motifs is 3. The molecule has 12 rings (SSSR count). The fourth-order valence-corrected chi connectivity index (χ4v) is 15.2. The Hall–Kier alpha value is -9.79. The van der Waals surface area contributed by atoms with Crippen LogP contribution in [0.15, 0.2) is 255 Å². The molecule has 0 N–H and O–H groups in total. The average Bonchev–Trinajstić information content (AvgIpc) is 3.80. The van der Waals surface area contributed by atoms with Gasteiger partial charge in [-0.1, -0.05) is 212 Å². The van der Waals surface area contributed by atoms with E-state index in [0.29, 0.717) is 28.7 Å². The third kappa shape index (κ3) is 7.64. The highest BCUT2D eigenvalue weighted by atomic mass is 28.3. The van der Waals surface area contributed by atoms with Crippen molar-refractivity contribution in [2.24, 2.45) is 0 Å². The van der Waals surface area contributed by atoms with Crippen molar-refractivity contribution >= 4 is 56.3 Å². The molecule has 7 heteroatoms. The van der Waals surface area contributed by atoms with E-state index in [2.05, 4.69) is 191 Å². The van der Waals surface area contributed by atoms with Crippen LogP contribution in [0.1, 0.15) is 5.56 Å². The summed E-state index contributed by atoms with van der Waals surface area (Å²) in [6.45, 7) is 8.05. The van der Waals surface area contributed by atoms with E-state index < -0.39 is 8.07 Å². The lowest BCUT2D eigenvalue weighted by molar-refractivity contribution is 1.07. The van der Waals surface area contributed by atoms with Gasteiger partial charge in [0.15, 0.2) is 31.2 Å². The maximum absolute atomic E-state index is 9.68. The topological polar surface area (TPSA) is 71.8 Å². The van der Waals surface area contributed by atoms with Crippen molar-refractivity contribution in [3.8, 4) is 68.2 Å². The van der Waals surface area contributed by atoms with Crippen LogP contribution in [0.3, 0.4) is 0 Å². The Labute approximate surface area is 418 Å². The van der Waals surface area contributed by atoms with Gasteiger partial charge in [0.2, 0.25) is 0 Å². The first-order valence-electron chi connectivity index (χ1n) is 23.8. The second kappa shape index (κ2) is 18.6. The van der Waals surface area contributed by atoms with E-state index in [1.54, 1.807) is 12.1 Å². The molecule has 0 unspecified atom stereocenters.